The van der Waals surface area contributed by atoms with Crippen LogP contribution in [-0.4, -0.2) is 5.11 Å². The minimum Gasteiger partial charge on any atom is -0.386 e. The van der Waals surface area contributed by atoms with Crippen molar-refractivity contribution in [2.24, 2.45) is 5.73 Å². The Balaban J connectivity index is 2.25. The first-order valence-electron chi connectivity index (χ1n) is 5.53. The van der Waals surface area contributed by atoms with E-state index in [1.165, 1.54) is 0 Å². The molecular weight excluding hydrogens is 269 g/mol. The van der Waals surface area contributed by atoms with E-state index in [0.717, 1.165) is 5.56 Å². The summed E-state index contributed by atoms with van der Waals surface area (Å²) in [5, 5.41) is 11.1. The fourth-order valence-electron chi connectivity index (χ4n) is 1.76. The Morgan fingerprint density at radius 3 is 2.17 bits per heavy atom. The van der Waals surface area contributed by atoms with Gasteiger partial charge in [0.2, 0.25) is 0 Å². The average molecular weight is 282 g/mol. The maximum absolute atomic E-state index is 10.2. The summed E-state index contributed by atoms with van der Waals surface area (Å²) in [6.45, 7) is 0. The van der Waals surface area contributed by atoms with Crippen LogP contribution in [0.1, 0.15) is 23.3 Å². The summed E-state index contributed by atoms with van der Waals surface area (Å²) < 4.78 is 0. The average Bonchev–Trinajstić information content (AvgIpc) is 2.41. The highest BCUT2D eigenvalue weighted by Crippen LogP contribution is 2.30. The minimum absolute atomic E-state index is 0.411. The molecule has 0 aliphatic heterocycles. The fraction of sp³-hybridized carbons (Fsp3) is 0.143. The van der Waals surface area contributed by atoms with Crippen LogP contribution in [0.5, 0.6) is 0 Å². The normalized spacial score (nSPS) is 14.2. The molecule has 2 aromatic rings. The van der Waals surface area contributed by atoms with Gasteiger partial charge in [-0.15, -0.1) is 0 Å². The van der Waals surface area contributed by atoms with Gasteiger partial charge in [-0.2, -0.15) is 0 Å². The molecule has 2 unspecified atom stereocenters. The van der Waals surface area contributed by atoms with Crippen LogP contribution in [0.15, 0.2) is 48.5 Å². The summed E-state index contributed by atoms with van der Waals surface area (Å²) in [6.07, 6.45) is -0.817. The Morgan fingerprint density at radius 1 is 0.889 bits per heavy atom. The summed E-state index contributed by atoms with van der Waals surface area (Å²) in [5.41, 5.74) is 7.56. The maximum atomic E-state index is 10.2. The number of aliphatic hydroxyl groups excluding tert-OH is 1. The van der Waals surface area contributed by atoms with Crippen molar-refractivity contribution in [2.75, 3.05) is 0 Å². The van der Waals surface area contributed by atoms with Crippen molar-refractivity contribution < 1.29 is 5.11 Å². The van der Waals surface area contributed by atoms with Gasteiger partial charge in [0.15, 0.2) is 0 Å². The molecule has 0 saturated carbocycles. The number of halogens is 2. The second-order valence-corrected chi connectivity index (χ2v) is 4.87. The van der Waals surface area contributed by atoms with E-state index in [1.807, 2.05) is 30.3 Å². The Hall–Kier alpha value is -1.06. The highest BCUT2D eigenvalue weighted by molar-refractivity contribution is 6.42. The summed E-state index contributed by atoms with van der Waals surface area (Å²) in [4.78, 5) is 0. The molecular formula is C14H13Cl2NO. The van der Waals surface area contributed by atoms with E-state index in [2.05, 4.69) is 0 Å². The minimum atomic E-state index is -0.817. The third kappa shape index (κ3) is 2.85. The highest BCUT2D eigenvalue weighted by Gasteiger charge is 2.19. The number of benzene rings is 2. The van der Waals surface area contributed by atoms with Crippen LogP contribution >= 0.6 is 23.2 Å². The van der Waals surface area contributed by atoms with Crippen LogP contribution in [0.4, 0.5) is 0 Å². The van der Waals surface area contributed by atoms with Crippen molar-refractivity contribution in [2.45, 2.75) is 12.1 Å². The molecule has 0 amide bonds. The predicted molar refractivity (Wildman–Crippen MR) is 74.8 cm³/mol. The van der Waals surface area contributed by atoms with E-state index in [1.54, 1.807) is 18.2 Å². The topological polar surface area (TPSA) is 46.2 Å². The molecule has 2 rings (SSSR count). The predicted octanol–water partition coefficient (Wildman–Crippen LogP) is 3.73. The number of nitrogens with two attached hydrogens (primary N) is 1. The molecule has 0 heterocycles. The van der Waals surface area contributed by atoms with E-state index in [4.69, 9.17) is 28.9 Å². The van der Waals surface area contributed by atoms with Gasteiger partial charge < -0.3 is 10.8 Å². The molecule has 0 spiro atoms. The largest absolute Gasteiger partial charge is 0.386 e. The number of rotatable bonds is 3. The first kappa shape index (κ1) is 13.4. The molecule has 0 aromatic heterocycles. The summed E-state index contributed by atoms with van der Waals surface area (Å²) in [6, 6.07) is 14.0. The Bertz CT molecular complexity index is 531. The molecule has 0 saturated heterocycles. The van der Waals surface area contributed by atoms with E-state index in [9.17, 15) is 5.11 Å². The molecule has 4 heteroatoms. The lowest BCUT2D eigenvalue weighted by Crippen LogP contribution is -2.19. The third-order valence-electron chi connectivity index (χ3n) is 2.81. The monoisotopic (exact) mass is 281 g/mol. The molecule has 0 bridgehead atoms. The van der Waals surface area contributed by atoms with Gasteiger partial charge in [0.1, 0.15) is 0 Å². The smallest absolute Gasteiger partial charge is 0.0983 e. The lowest BCUT2D eigenvalue weighted by atomic mass is 9.97. The molecule has 2 aromatic carbocycles. The standard InChI is InChI=1S/C14H13Cl2NO/c15-11-7-6-10(8-12(11)16)14(18)13(17)9-4-2-1-3-5-9/h1-8,13-14,18H,17H2. The van der Waals surface area contributed by atoms with E-state index in [-0.39, 0.29) is 0 Å². The second-order valence-electron chi connectivity index (χ2n) is 4.05. The first-order valence-corrected chi connectivity index (χ1v) is 6.28. The molecule has 94 valence electrons. The highest BCUT2D eigenvalue weighted by atomic mass is 35.5. The molecule has 0 fully saturated rings. The lowest BCUT2D eigenvalue weighted by Gasteiger charge is -2.20. The van der Waals surface area contributed by atoms with Gasteiger partial charge in [0.05, 0.1) is 22.2 Å². The van der Waals surface area contributed by atoms with Gasteiger partial charge in [0, 0.05) is 0 Å². The van der Waals surface area contributed by atoms with Gasteiger partial charge in [-0.05, 0) is 23.3 Å². The Labute approximate surface area is 116 Å². The van der Waals surface area contributed by atoms with Gasteiger partial charge in [0.25, 0.3) is 0 Å². The fourth-order valence-corrected chi connectivity index (χ4v) is 2.07. The molecule has 2 atom stereocenters. The van der Waals surface area contributed by atoms with Crippen molar-refractivity contribution in [3.05, 3.63) is 69.7 Å². The van der Waals surface area contributed by atoms with Crippen molar-refractivity contribution >= 4 is 23.2 Å². The zero-order chi connectivity index (χ0) is 13.1. The van der Waals surface area contributed by atoms with Crippen molar-refractivity contribution in [1.82, 2.24) is 0 Å². The molecule has 0 aliphatic carbocycles. The van der Waals surface area contributed by atoms with Gasteiger partial charge >= 0.3 is 0 Å². The summed E-state index contributed by atoms with van der Waals surface area (Å²) in [7, 11) is 0. The molecule has 18 heavy (non-hydrogen) atoms. The maximum Gasteiger partial charge on any atom is 0.0983 e. The van der Waals surface area contributed by atoms with E-state index in [0.29, 0.717) is 15.6 Å². The molecule has 0 aliphatic rings. The second kappa shape index (κ2) is 5.72. The Kier molecular flexibility index (Phi) is 4.25. The van der Waals surface area contributed by atoms with Crippen molar-refractivity contribution in [1.29, 1.82) is 0 Å². The molecule has 3 N–H and O–H groups in total. The van der Waals surface area contributed by atoms with Crippen LogP contribution in [0.3, 0.4) is 0 Å². The van der Waals surface area contributed by atoms with Crippen LogP contribution in [0, 0.1) is 0 Å². The SMILES string of the molecule is NC(c1ccccc1)C(O)c1ccc(Cl)c(Cl)c1. The summed E-state index contributed by atoms with van der Waals surface area (Å²) in [5.74, 6) is 0. The van der Waals surface area contributed by atoms with Gasteiger partial charge in [-0.1, -0.05) is 59.6 Å². The lowest BCUT2D eigenvalue weighted by molar-refractivity contribution is 0.147. The van der Waals surface area contributed by atoms with Crippen molar-refractivity contribution in [3.8, 4) is 0 Å². The zero-order valence-corrected chi connectivity index (χ0v) is 11.1. The van der Waals surface area contributed by atoms with Gasteiger partial charge in [-0.3, -0.25) is 0 Å². The van der Waals surface area contributed by atoms with E-state index < -0.39 is 12.1 Å². The number of hydrogen-bond acceptors (Lipinski definition) is 2. The zero-order valence-electron chi connectivity index (χ0n) is 9.55. The number of aliphatic hydroxyl groups is 1. The third-order valence-corrected chi connectivity index (χ3v) is 3.55. The van der Waals surface area contributed by atoms with Gasteiger partial charge in [-0.25, -0.2) is 0 Å². The van der Waals surface area contributed by atoms with Crippen LogP contribution < -0.4 is 5.73 Å². The number of hydrogen-bond donors (Lipinski definition) is 2. The quantitative estimate of drug-likeness (QED) is 0.901. The van der Waals surface area contributed by atoms with Crippen LogP contribution in [0.2, 0.25) is 10.0 Å². The Morgan fingerprint density at radius 2 is 1.56 bits per heavy atom. The molecule has 0 radical (unpaired) electrons. The van der Waals surface area contributed by atoms with Crippen molar-refractivity contribution in [3.63, 3.8) is 0 Å². The molecule has 2 nitrogen and oxygen atoms in total. The summed E-state index contributed by atoms with van der Waals surface area (Å²) >= 11 is 11.8. The first-order chi connectivity index (χ1) is 8.59. The van der Waals surface area contributed by atoms with E-state index >= 15 is 0 Å². The van der Waals surface area contributed by atoms with Crippen LogP contribution in [0.25, 0.3) is 0 Å². The van der Waals surface area contributed by atoms with Crippen LogP contribution in [-0.2, 0) is 0 Å².